The second-order valence-corrected chi connectivity index (χ2v) is 5.66. The van der Waals surface area contributed by atoms with E-state index < -0.39 is 15.7 Å². The Morgan fingerprint density at radius 1 is 1.53 bits per heavy atom. The first-order chi connectivity index (χ1) is 7.95. The Labute approximate surface area is 98.6 Å². The van der Waals surface area contributed by atoms with Crippen LogP contribution in [0.25, 0.3) is 0 Å². The van der Waals surface area contributed by atoms with Gasteiger partial charge >= 0.3 is 0 Å². The number of rotatable bonds is 5. The van der Waals surface area contributed by atoms with Crippen LogP contribution in [0.1, 0.15) is 6.92 Å². The molecule has 1 fully saturated rings. The second-order valence-electron chi connectivity index (χ2n) is 4.04. The molecule has 1 aliphatic rings. The lowest BCUT2D eigenvalue weighted by molar-refractivity contribution is 0.207. The molecule has 0 radical (unpaired) electrons. The minimum atomic E-state index is -3.86. The molecule has 0 amide bonds. The largest absolute Gasteiger partial charge is 0.367 e. The first-order valence-electron chi connectivity index (χ1n) is 4.92. The van der Waals surface area contributed by atoms with E-state index in [1.54, 1.807) is 6.92 Å². The molecular weight excluding hydrogens is 246 g/mol. The minimum absolute atomic E-state index is 0.0337. The van der Waals surface area contributed by atoms with Crippen LogP contribution in [-0.2, 0) is 19.0 Å². The van der Waals surface area contributed by atoms with E-state index in [1.807, 2.05) is 0 Å². The zero-order valence-electron chi connectivity index (χ0n) is 9.12. The molecule has 0 bridgehead atoms. The van der Waals surface area contributed by atoms with Crippen molar-refractivity contribution in [2.75, 3.05) is 13.2 Å². The molecule has 0 N–H and O–H groups in total. The molecule has 1 atom stereocenters. The van der Waals surface area contributed by atoms with Crippen LogP contribution in [0.3, 0.4) is 0 Å². The molecule has 0 aliphatic carbocycles. The summed E-state index contributed by atoms with van der Waals surface area (Å²) in [5, 5.41) is 2.67. The van der Waals surface area contributed by atoms with Crippen LogP contribution < -0.4 is 0 Å². The Morgan fingerprint density at radius 2 is 2.24 bits per heavy atom. The SMILES string of the molecule is CC1(COS(=O)(=O)c2cccc(N=O)c2)CO1. The third kappa shape index (κ3) is 2.87. The second kappa shape index (κ2) is 4.17. The predicted octanol–water partition coefficient (Wildman–Crippen LogP) is 1.58. The van der Waals surface area contributed by atoms with E-state index >= 15 is 0 Å². The van der Waals surface area contributed by atoms with Crippen molar-refractivity contribution in [1.82, 2.24) is 0 Å². The summed E-state index contributed by atoms with van der Waals surface area (Å²) in [5.41, 5.74) is -0.461. The summed E-state index contributed by atoms with van der Waals surface area (Å²) in [6.45, 7) is 2.21. The van der Waals surface area contributed by atoms with Gasteiger partial charge in [-0.25, -0.2) is 0 Å². The molecule has 92 valence electrons. The average Bonchev–Trinajstić information content (AvgIpc) is 3.06. The van der Waals surface area contributed by atoms with Crippen LogP contribution in [0.5, 0.6) is 0 Å². The molecule has 1 aromatic rings. The third-order valence-corrected chi connectivity index (χ3v) is 3.63. The lowest BCUT2D eigenvalue weighted by Crippen LogP contribution is -2.18. The van der Waals surface area contributed by atoms with Crippen molar-refractivity contribution in [2.24, 2.45) is 5.18 Å². The van der Waals surface area contributed by atoms with Gasteiger partial charge in [-0.1, -0.05) is 6.07 Å². The van der Waals surface area contributed by atoms with Gasteiger partial charge in [-0.15, -0.1) is 4.91 Å². The zero-order chi connectivity index (χ0) is 12.5. The number of nitroso groups, excluding NO2 is 1. The summed E-state index contributed by atoms with van der Waals surface area (Å²) in [4.78, 5) is 10.2. The highest BCUT2D eigenvalue weighted by atomic mass is 32.2. The molecule has 17 heavy (non-hydrogen) atoms. The monoisotopic (exact) mass is 257 g/mol. The van der Waals surface area contributed by atoms with E-state index in [4.69, 9.17) is 8.92 Å². The van der Waals surface area contributed by atoms with Gasteiger partial charge in [0.1, 0.15) is 11.3 Å². The van der Waals surface area contributed by atoms with Crippen molar-refractivity contribution in [1.29, 1.82) is 0 Å². The fourth-order valence-corrected chi connectivity index (χ4v) is 2.22. The van der Waals surface area contributed by atoms with Crippen LogP contribution in [-0.4, -0.2) is 27.2 Å². The lowest BCUT2D eigenvalue weighted by atomic mass is 10.2. The quantitative estimate of drug-likeness (QED) is 0.454. The zero-order valence-corrected chi connectivity index (χ0v) is 9.94. The number of hydrogen-bond acceptors (Lipinski definition) is 6. The number of hydrogen-bond donors (Lipinski definition) is 0. The summed E-state index contributed by atoms with van der Waals surface area (Å²) in [6.07, 6.45) is 0. The molecule has 1 saturated heterocycles. The van der Waals surface area contributed by atoms with Gasteiger partial charge in [-0.3, -0.25) is 4.18 Å². The van der Waals surface area contributed by atoms with Gasteiger partial charge in [-0.2, -0.15) is 8.42 Å². The number of nitrogens with zero attached hydrogens (tertiary/aromatic N) is 1. The summed E-state index contributed by atoms with van der Waals surface area (Å²) < 4.78 is 33.4. The molecule has 1 heterocycles. The molecule has 7 heteroatoms. The summed E-state index contributed by atoms with van der Waals surface area (Å²) >= 11 is 0. The molecule has 2 rings (SSSR count). The van der Waals surface area contributed by atoms with E-state index in [9.17, 15) is 13.3 Å². The Kier molecular flexibility index (Phi) is 2.98. The lowest BCUT2D eigenvalue weighted by Gasteiger charge is -2.07. The van der Waals surface area contributed by atoms with Crippen molar-refractivity contribution in [3.05, 3.63) is 29.2 Å². The third-order valence-electron chi connectivity index (χ3n) is 2.37. The Balaban J connectivity index is 2.15. The molecule has 0 spiro atoms. The maximum atomic E-state index is 11.8. The molecule has 6 nitrogen and oxygen atoms in total. The van der Waals surface area contributed by atoms with E-state index in [2.05, 4.69) is 5.18 Å². The molecule has 0 aromatic heterocycles. The molecule has 0 saturated carbocycles. The minimum Gasteiger partial charge on any atom is -0.367 e. The van der Waals surface area contributed by atoms with Gasteiger partial charge in [0.15, 0.2) is 0 Å². The topological polar surface area (TPSA) is 85.3 Å². The number of epoxide rings is 1. The van der Waals surface area contributed by atoms with Gasteiger partial charge in [0.2, 0.25) is 0 Å². The maximum Gasteiger partial charge on any atom is 0.297 e. The average molecular weight is 257 g/mol. The predicted molar refractivity (Wildman–Crippen MR) is 59.4 cm³/mol. The molecule has 1 unspecified atom stereocenters. The summed E-state index contributed by atoms with van der Waals surface area (Å²) in [7, 11) is -3.86. The number of benzene rings is 1. The first-order valence-corrected chi connectivity index (χ1v) is 6.33. The standard InChI is InChI=1S/C10H11NO5S/c1-10(6-15-10)7-16-17(13,14)9-4-2-3-8(5-9)11-12/h2-5H,6-7H2,1H3. The van der Waals surface area contributed by atoms with Crippen LogP contribution in [0.15, 0.2) is 34.3 Å². The highest BCUT2D eigenvalue weighted by molar-refractivity contribution is 7.86. The molecule has 1 aliphatic heterocycles. The van der Waals surface area contributed by atoms with Gasteiger partial charge in [0, 0.05) is 0 Å². The van der Waals surface area contributed by atoms with Crippen molar-refractivity contribution >= 4 is 15.8 Å². The van der Waals surface area contributed by atoms with Gasteiger partial charge in [-0.05, 0) is 30.3 Å². The fourth-order valence-electron chi connectivity index (χ4n) is 1.17. The summed E-state index contributed by atoms with van der Waals surface area (Å²) in [5.74, 6) is 0. The highest BCUT2D eigenvalue weighted by Gasteiger charge is 2.41. The van der Waals surface area contributed by atoms with Crippen molar-refractivity contribution in [2.45, 2.75) is 17.4 Å². The van der Waals surface area contributed by atoms with Crippen LogP contribution in [0.4, 0.5) is 5.69 Å². The van der Waals surface area contributed by atoms with Crippen molar-refractivity contribution in [3.8, 4) is 0 Å². The van der Waals surface area contributed by atoms with Crippen molar-refractivity contribution in [3.63, 3.8) is 0 Å². The van der Waals surface area contributed by atoms with E-state index in [0.717, 1.165) is 0 Å². The first kappa shape index (κ1) is 12.2. The Hall–Kier alpha value is -1.31. The van der Waals surface area contributed by atoms with Gasteiger partial charge in [0.25, 0.3) is 10.1 Å². The van der Waals surface area contributed by atoms with E-state index in [1.165, 1.54) is 24.3 Å². The number of ether oxygens (including phenoxy) is 1. The fraction of sp³-hybridized carbons (Fsp3) is 0.400. The molecule has 1 aromatic carbocycles. The van der Waals surface area contributed by atoms with Crippen LogP contribution >= 0.6 is 0 Å². The molecular formula is C10H11NO5S. The normalized spacial score (nSPS) is 23.4. The van der Waals surface area contributed by atoms with Crippen LogP contribution in [0, 0.1) is 4.91 Å². The van der Waals surface area contributed by atoms with E-state index in [0.29, 0.717) is 6.61 Å². The highest BCUT2D eigenvalue weighted by Crippen LogP contribution is 2.28. The smallest absolute Gasteiger partial charge is 0.297 e. The van der Waals surface area contributed by atoms with E-state index in [-0.39, 0.29) is 17.2 Å². The Bertz CT molecular complexity index is 535. The summed E-state index contributed by atoms with van der Waals surface area (Å²) in [6, 6.07) is 5.36. The van der Waals surface area contributed by atoms with Crippen molar-refractivity contribution < 1.29 is 17.3 Å². The van der Waals surface area contributed by atoms with Crippen LogP contribution in [0.2, 0.25) is 0 Å². The van der Waals surface area contributed by atoms with Gasteiger partial charge < -0.3 is 4.74 Å². The Morgan fingerprint density at radius 3 is 2.82 bits per heavy atom. The maximum absolute atomic E-state index is 11.8. The van der Waals surface area contributed by atoms with Gasteiger partial charge in [0.05, 0.1) is 18.1 Å².